The van der Waals surface area contributed by atoms with Crippen molar-refractivity contribution in [3.63, 3.8) is 0 Å². The summed E-state index contributed by atoms with van der Waals surface area (Å²) in [7, 11) is 1.65. The molecule has 0 saturated carbocycles. The fraction of sp³-hybridized carbons (Fsp3) is 0.182. The number of rotatable bonds is 5. The van der Waals surface area contributed by atoms with Crippen molar-refractivity contribution in [2.24, 2.45) is 7.05 Å². The maximum atomic E-state index is 14.5. The second-order valence-electron chi connectivity index (χ2n) is 7.53. The Balaban J connectivity index is 1.62. The average Bonchev–Trinajstić information content (AvgIpc) is 3.24. The Bertz CT molecular complexity index is 1460. The van der Waals surface area contributed by atoms with E-state index in [4.69, 9.17) is 0 Å². The SMILES string of the molecule is C[C@@H](NC(=O)c1ccc(=O)n(-c2cncc(-c3cnnn3C)n2)c1)c1cccc(C(F)(F)F)c1F. The molecule has 3 heterocycles. The van der Waals surface area contributed by atoms with Gasteiger partial charge in [-0.15, -0.1) is 5.10 Å². The first-order valence-corrected chi connectivity index (χ1v) is 10.1. The lowest BCUT2D eigenvalue weighted by Gasteiger charge is -2.18. The third kappa shape index (κ3) is 4.78. The molecule has 0 unspecified atom stereocenters. The zero-order valence-corrected chi connectivity index (χ0v) is 18.3. The number of hydrogen-bond acceptors (Lipinski definition) is 6. The third-order valence-corrected chi connectivity index (χ3v) is 5.17. The summed E-state index contributed by atoms with van der Waals surface area (Å²) in [6, 6.07) is 4.12. The monoisotopic (exact) mass is 487 g/mol. The van der Waals surface area contributed by atoms with Gasteiger partial charge in [-0.1, -0.05) is 17.3 Å². The molecule has 3 aromatic heterocycles. The first-order valence-electron chi connectivity index (χ1n) is 10.1. The van der Waals surface area contributed by atoms with E-state index in [-0.39, 0.29) is 16.9 Å². The summed E-state index contributed by atoms with van der Waals surface area (Å²) in [6.07, 6.45) is 0.573. The van der Waals surface area contributed by atoms with Crippen LogP contribution < -0.4 is 10.9 Å². The molecule has 35 heavy (non-hydrogen) atoms. The van der Waals surface area contributed by atoms with Gasteiger partial charge in [-0.05, 0) is 19.1 Å². The number of benzene rings is 1. The number of hydrogen-bond donors (Lipinski definition) is 1. The summed E-state index contributed by atoms with van der Waals surface area (Å²) >= 11 is 0. The molecule has 180 valence electrons. The van der Waals surface area contributed by atoms with Gasteiger partial charge in [0.15, 0.2) is 5.82 Å². The van der Waals surface area contributed by atoms with E-state index in [0.717, 1.165) is 22.8 Å². The molecule has 0 aliphatic carbocycles. The van der Waals surface area contributed by atoms with Gasteiger partial charge in [0, 0.05) is 24.9 Å². The van der Waals surface area contributed by atoms with Gasteiger partial charge < -0.3 is 5.32 Å². The highest BCUT2D eigenvalue weighted by molar-refractivity contribution is 5.94. The molecule has 0 saturated heterocycles. The van der Waals surface area contributed by atoms with E-state index in [0.29, 0.717) is 17.5 Å². The highest BCUT2D eigenvalue weighted by Gasteiger charge is 2.35. The van der Waals surface area contributed by atoms with Gasteiger partial charge in [-0.2, -0.15) is 13.2 Å². The number of alkyl halides is 3. The predicted octanol–water partition coefficient (Wildman–Crippen LogP) is 3.07. The van der Waals surface area contributed by atoms with Crippen LogP contribution in [-0.2, 0) is 13.2 Å². The van der Waals surface area contributed by atoms with Crippen molar-refractivity contribution in [2.45, 2.75) is 19.1 Å². The van der Waals surface area contributed by atoms with Gasteiger partial charge in [0.25, 0.3) is 11.5 Å². The smallest absolute Gasteiger partial charge is 0.345 e. The normalized spacial score (nSPS) is 12.4. The van der Waals surface area contributed by atoms with Crippen molar-refractivity contribution in [3.05, 3.63) is 88.0 Å². The van der Waals surface area contributed by atoms with Crippen LogP contribution in [0.15, 0.2) is 59.9 Å². The van der Waals surface area contributed by atoms with Crippen LogP contribution in [0.5, 0.6) is 0 Å². The van der Waals surface area contributed by atoms with E-state index in [9.17, 15) is 27.2 Å². The molecule has 13 heteroatoms. The van der Waals surface area contributed by atoms with Crippen molar-refractivity contribution in [1.29, 1.82) is 0 Å². The van der Waals surface area contributed by atoms with Crippen LogP contribution >= 0.6 is 0 Å². The number of amides is 1. The topological polar surface area (TPSA) is 108 Å². The Kier molecular flexibility index (Phi) is 6.16. The number of carbonyl (C=O) groups is 1. The van der Waals surface area contributed by atoms with Crippen LogP contribution in [0.1, 0.15) is 34.5 Å². The lowest BCUT2D eigenvalue weighted by molar-refractivity contribution is -0.140. The molecule has 4 rings (SSSR count). The quantitative estimate of drug-likeness (QED) is 0.434. The lowest BCUT2D eigenvalue weighted by Crippen LogP contribution is -2.29. The van der Waals surface area contributed by atoms with E-state index >= 15 is 0 Å². The predicted molar refractivity (Wildman–Crippen MR) is 115 cm³/mol. The molecule has 1 amide bonds. The largest absolute Gasteiger partial charge is 0.419 e. The minimum absolute atomic E-state index is 0.00163. The van der Waals surface area contributed by atoms with Gasteiger partial charge >= 0.3 is 6.18 Å². The minimum atomic E-state index is -4.87. The Hall–Kier alpha value is -4.42. The van der Waals surface area contributed by atoms with E-state index in [1.54, 1.807) is 7.05 Å². The molecular formula is C22H17F4N7O2. The van der Waals surface area contributed by atoms with E-state index in [1.165, 1.54) is 42.5 Å². The maximum absolute atomic E-state index is 14.5. The number of aryl methyl sites for hydroxylation is 1. The molecule has 4 aromatic rings. The molecule has 0 fully saturated rings. The zero-order valence-electron chi connectivity index (χ0n) is 18.3. The summed E-state index contributed by atoms with van der Waals surface area (Å²) in [5.74, 6) is -2.09. The van der Waals surface area contributed by atoms with Gasteiger partial charge in [0.2, 0.25) is 0 Å². The van der Waals surface area contributed by atoms with Gasteiger partial charge in [-0.3, -0.25) is 19.1 Å². The van der Waals surface area contributed by atoms with Crippen LogP contribution in [-0.4, -0.2) is 35.4 Å². The first kappa shape index (κ1) is 23.7. The summed E-state index contributed by atoms with van der Waals surface area (Å²) < 4.78 is 56.1. The molecule has 0 bridgehead atoms. The van der Waals surface area contributed by atoms with Gasteiger partial charge in [0.05, 0.1) is 35.8 Å². The number of nitrogens with zero attached hydrogens (tertiary/aromatic N) is 6. The maximum Gasteiger partial charge on any atom is 0.419 e. The molecule has 0 aliphatic rings. The minimum Gasteiger partial charge on any atom is -0.345 e. The molecule has 1 N–H and O–H groups in total. The van der Waals surface area contributed by atoms with Crippen LogP contribution in [0.2, 0.25) is 0 Å². The van der Waals surface area contributed by atoms with Crippen molar-refractivity contribution < 1.29 is 22.4 Å². The van der Waals surface area contributed by atoms with Crippen molar-refractivity contribution in [3.8, 4) is 17.2 Å². The molecule has 0 radical (unpaired) electrons. The van der Waals surface area contributed by atoms with Gasteiger partial charge in [0.1, 0.15) is 17.2 Å². The second-order valence-corrected chi connectivity index (χ2v) is 7.53. The van der Waals surface area contributed by atoms with Crippen LogP contribution in [0.25, 0.3) is 17.2 Å². The number of aromatic nitrogens is 6. The average molecular weight is 487 g/mol. The molecular weight excluding hydrogens is 470 g/mol. The highest BCUT2D eigenvalue weighted by Crippen LogP contribution is 2.33. The van der Waals surface area contributed by atoms with E-state index in [2.05, 4.69) is 25.6 Å². The molecule has 1 atom stereocenters. The second kappa shape index (κ2) is 9.08. The van der Waals surface area contributed by atoms with Crippen LogP contribution in [0.4, 0.5) is 17.6 Å². The van der Waals surface area contributed by atoms with Crippen molar-refractivity contribution >= 4 is 5.91 Å². The Morgan fingerprint density at radius 1 is 1.11 bits per heavy atom. The number of halogens is 4. The fourth-order valence-corrected chi connectivity index (χ4v) is 3.38. The third-order valence-electron chi connectivity index (χ3n) is 5.17. The summed E-state index contributed by atoms with van der Waals surface area (Å²) in [4.78, 5) is 33.7. The summed E-state index contributed by atoms with van der Waals surface area (Å²) in [5.41, 5.74) is -1.34. The molecule has 0 spiro atoms. The first-order chi connectivity index (χ1) is 16.6. The standard InChI is InChI=1S/C22H17F4N7O2/c1-12(14-4-3-5-15(20(14)23)22(24,25)26)29-21(35)13-6-7-19(34)33(11-13)18-10-27-8-16(30-18)17-9-28-31-32(17)2/h3-12H,1-2H3,(H,29,35)/t12-/m1/s1. The number of pyridine rings is 1. The summed E-state index contributed by atoms with van der Waals surface area (Å²) in [5, 5.41) is 10.0. The van der Waals surface area contributed by atoms with Crippen molar-refractivity contribution in [2.75, 3.05) is 0 Å². The van der Waals surface area contributed by atoms with E-state index < -0.39 is 35.1 Å². The number of carbonyl (C=O) groups excluding carboxylic acids is 1. The van der Waals surface area contributed by atoms with Crippen LogP contribution in [0, 0.1) is 5.82 Å². The van der Waals surface area contributed by atoms with Crippen molar-refractivity contribution in [1.82, 2.24) is 34.8 Å². The Labute approximate surface area is 195 Å². The molecule has 1 aromatic carbocycles. The van der Waals surface area contributed by atoms with Crippen LogP contribution in [0.3, 0.4) is 0 Å². The molecule has 0 aliphatic heterocycles. The Morgan fingerprint density at radius 2 is 1.89 bits per heavy atom. The fourth-order valence-electron chi connectivity index (χ4n) is 3.38. The highest BCUT2D eigenvalue weighted by atomic mass is 19.4. The molecule has 9 nitrogen and oxygen atoms in total. The van der Waals surface area contributed by atoms with E-state index in [1.807, 2.05) is 0 Å². The van der Waals surface area contributed by atoms with Gasteiger partial charge in [-0.25, -0.2) is 14.1 Å². The summed E-state index contributed by atoms with van der Waals surface area (Å²) in [6.45, 7) is 1.35. The zero-order chi connectivity index (χ0) is 25.3. The lowest BCUT2D eigenvalue weighted by atomic mass is 10.0. The Morgan fingerprint density at radius 3 is 2.57 bits per heavy atom. The number of nitrogens with one attached hydrogen (secondary N) is 1.